The lowest BCUT2D eigenvalue weighted by molar-refractivity contribution is 0.102. The highest BCUT2D eigenvalue weighted by atomic mass is 19.3. The number of benzene rings is 2. The van der Waals surface area contributed by atoms with Crippen LogP contribution in [0.1, 0.15) is 36.5 Å². The van der Waals surface area contributed by atoms with Gasteiger partial charge in [-0.1, -0.05) is 0 Å². The highest BCUT2D eigenvalue weighted by Crippen LogP contribution is 2.24. The molecular formula is C19H19F3N4O. The Kier molecular flexibility index (Phi) is 5.07. The van der Waals surface area contributed by atoms with Crippen molar-refractivity contribution in [3.05, 3.63) is 53.6 Å². The molecule has 0 fully saturated rings. The van der Waals surface area contributed by atoms with Gasteiger partial charge in [0.15, 0.2) is 5.82 Å². The number of rotatable bonds is 5. The molecule has 0 saturated carbocycles. The van der Waals surface area contributed by atoms with Crippen LogP contribution in [0.4, 0.5) is 24.5 Å². The van der Waals surface area contributed by atoms with E-state index in [1.54, 1.807) is 24.1 Å². The lowest BCUT2D eigenvalue weighted by atomic mass is 10.1. The number of carbonyl (C=O) groups excluding carboxylic acids is 1. The fourth-order valence-electron chi connectivity index (χ4n) is 2.63. The molecule has 27 heavy (non-hydrogen) atoms. The second-order valence-electron chi connectivity index (χ2n) is 6.48. The smallest absolute Gasteiger partial charge is 0.295 e. The van der Waals surface area contributed by atoms with Crippen LogP contribution >= 0.6 is 0 Å². The van der Waals surface area contributed by atoms with E-state index >= 15 is 0 Å². The van der Waals surface area contributed by atoms with Crippen LogP contribution in [0.15, 0.2) is 36.4 Å². The number of alkyl halides is 2. The van der Waals surface area contributed by atoms with E-state index in [1.165, 1.54) is 24.3 Å². The Labute approximate surface area is 154 Å². The van der Waals surface area contributed by atoms with E-state index in [0.29, 0.717) is 22.4 Å². The fourth-order valence-corrected chi connectivity index (χ4v) is 2.63. The van der Waals surface area contributed by atoms with E-state index in [2.05, 4.69) is 15.3 Å². The van der Waals surface area contributed by atoms with Crippen LogP contribution in [0.25, 0.3) is 11.0 Å². The normalized spacial score (nSPS) is 11.4. The minimum Gasteiger partial charge on any atom is -0.370 e. The van der Waals surface area contributed by atoms with Crippen molar-refractivity contribution in [3.8, 4) is 0 Å². The molecule has 0 radical (unpaired) electrons. The molecule has 1 amide bonds. The van der Waals surface area contributed by atoms with Gasteiger partial charge in [-0.25, -0.2) is 18.2 Å². The summed E-state index contributed by atoms with van der Waals surface area (Å²) in [5.74, 6) is -1.38. The van der Waals surface area contributed by atoms with Gasteiger partial charge in [-0.2, -0.15) is 0 Å². The number of nitrogens with one attached hydrogen (secondary N) is 2. The van der Waals surface area contributed by atoms with Gasteiger partial charge in [0.05, 0.1) is 16.7 Å². The minimum atomic E-state index is -2.72. The van der Waals surface area contributed by atoms with Crippen molar-refractivity contribution in [1.82, 2.24) is 9.97 Å². The summed E-state index contributed by atoms with van der Waals surface area (Å²) in [7, 11) is 1.79. The number of halogens is 3. The van der Waals surface area contributed by atoms with Gasteiger partial charge in [0.1, 0.15) is 5.82 Å². The third-order valence-corrected chi connectivity index (χ3v) is 4.33. The Balaban J connectivity index is 1.80. The highest BCUT2D eigenvalue weighted by Gasteiger charge is 2.15. The Bertz CT molecular complexity index is 984. The number of amides is 1. The van der Waals surface area contributed by atoms with Crippen molar-refractivity contribution >= 4 is 28.3 Å². The molecule has 0 unspecified atom stereocenters. The zero-order chi connectivity index (χ0) is 19.7. The summed E-state index contributed by atoms with van der Waals surface area (Å²) >= 11 is 0. The van der Waals surface area contributed by atoms with E-state index in [4.69, 9.17) is 0 Å². The summed E-state index contributed by atoms with van der Waals surface area (Å²) in [6, 6.07) is 8.96. The Morgan fingerprint density at radius 2 is 1.93 bits per heavy atom. The Hall–Kier alpha value is -3.03. The van der Waals surface area contributed by atoms with Crippen molar-refractivity contribution in [1.29, 1.82) is 0 Å². The quantitative estimate of drug-likeness (QED) is 0.676. The number of H-pyrrole nitrogens is 1. The highest BCUT2D eigenvalue weighted by molar-refractivity contribution is 6.06. The van der Waals surface area contributed by atoms with E-state index in [-0.39, 0.29) is 11.6 Å². The average Bonchev–Trinajstić information content (AvgIpc) is 3.04. The summed E-state index contributed by atoms with van der Waals surface area (Å²) in [6.45, 7) is 3.89. The number of carbonyl (C=O) groups is 1. The van der Waals surface area contributed by atoms with Gasteiger partial charge < -0.3 is 15.2 Å². The van der Waals surface area contributed by atoms with Gasteiger partial charge in [-0.15, -0.1) is 0 Å². The van der Waals surface area contributed by atoms with Gasteiger partial charge in [0.2, 0.25) is 0 Å². The summed E-state index contributed by atoms with van der Waals surface area (Å²) in [4.78, 5) is 20.4. The maximum atomic E-state index is 14.3. The molecule has 0 spiro atoms. The molecule has 1 heterocycles. The Morgan fingerprint density at radius 3 is 2.56 bits per heavy atom. The molecule has 0 saturated heterocycles. The lowest BCUT2D eigenvalue weighted by Gasteiger charge is -2.24. The number of hydrogen-bond acceptors (Lipinski definition) is 3. The zero-order valence-electron chi connectivity index (χ0n) is 15.1. The average molecular weight is 376 g/mol. The number of nitrogens with zero attached hydrogens (tertiary/aromatic N) is 2. The second kappa shape index (κ2) is 7.30. The van der Waals surface area contributed by atoms with E-state index in [9.17, 15) is 18.0 Å². The van der Waals surface area contributed by atoms with E-state index < -0.39 is 24.0 Å². The van der Waals surface area contributed by atoms with Crippen molar-refractivity contribution in [2.75, 3.05) is 17.3 Å². The zero-order valence-corrected chi connectivity index (χ0v) is 15.1. The molecule has 0 atom stereocenters. The Morgan fingerprint density at radius 1 is 1.19 bits per heavy atom. The maximum Gasteiger partial charge on any atom is 0.295 e. The first-order valence-electron chi connectivity index (χ1n) is 8.38. The number of imidazole rings is 1. The van der Waals surface area contributed by atoms with Crippen molar-refractivity contribution < 1.29 is 18.0 Å². The molecule has 0 aliphatic rings. The molecule has 1 aromatic heterocycles. The van der Waals surface area contributed by atoms with Crippen LogP contribution < -0.4 is 10.2 Å². The first kappa shape index (κ1) is 18.8. The molecule has 0 aliphatic heterocycles. The van der Waals surface area contributed by atoms with Gasteiger partial charge in [-0.05, 0) is 50.2 Å². The van der Waals surface area contributed by atoms with Crippen LogP contribution in [0.2, 0.25) is 0 Å². The van der Waals surface area contributed by atoms with Gasteiger partial charge in [0.25, 0.3) is 12.3 Å². The summed E-state index contributed by atoms with van der Waals surface area (Å²) in [6.07, 6.45) is -2.72. The van der Waals surface area contributed by atoms with Crippen molar-refractivity contribution in [2.45, 2.75) is 26.3 Å². The van der Waals surface area contributed by atoms with Gasteiger partial charge in [0, 0.05) is 24.3 Å². The SMILES string of the molecule is CC(C)N(C)c1ccc(NC(=O)c2ccc3nc(C(F)F)[nH]c3c2)cc1F. The molecule has 8 heteroatoms. The summed E-state index contributed by atoms with van der Waals surface area (Å²) in [5, 5.41) is 2.61. The standard InChI is InChI=1S/C19H19F3N4O/c1-10(2)26(3)16-7-5-12(9-13(16)20)23-19(27)11-4-6-14-15(8-11)25-18(24-14)17(21)22/h4-10,17H,1-3H3,(H,23,27)(H,24,25). The molecule has 3 rings (SSSR count). The van der Waals surface area contributed by atoms with E-state index in [0.717, 1.165) is 0 Å². The first-order valence-corrected chi connectivity index (χ1v) is 8.38. The minimum absolute atomic E-state index is 0.124. The molecule has 0 aliphatic carbocycles. The van der Waals surface area contributed by atoms with Crippen molar-refractivity contribution in [3.63, 3.8) is 0 Å². The number of fused-ring (bicyclic) bond motifs is 1. The lowest BCUT2D eigenvalue weighted by Crippen LogP contribution is -2.26. The number of hydrogen-bond donors (Lipinski definition) is 2. The second-order valence-corrected chi connectivity index (χ2v) is 6.48. The van der Waals surface area contributed by atoms with Crippen LogP contribution in [-0.4, -0.2) is 29.0 Å². The van der Waals surface area contributed by atoms with Crippen molar-refractivity contribution in [2.24, 2.45) is 0 Å². The predicted octanol–water partition coefficient (Wildman–Crippen LogP) is 4.74. The molecule has 0 bridgehead atoms. The molecule has 5 nitrogen and oxygen atoms in total. The van der Waals surface area contributed by atoms with Gasteiger partial charge in [-0.3, -0.25) is 4.79 Å². The monoisotopic (exact) mass is 376 g/mol. The predicted molar refractivity (Wildman–Crippen MR) is 98.9 cm³/mol. The third kappa shape index (κ3) is 3.89. The van der Waals surface area contributed by atoms with Crippen LogP contribution in [0, 0.1) is 5.82 Å². The largest absolute Gasteiger partial charge is 0.370 e. The molecule has 2 N–H and O–H groups in total. The number of aromatic nitrogens is 2. The van der Waals surface area contributed by atoms with E-state index in [1.807, 2.05) is 13.8 Å². The van der Waals surface area contributed by atoms with Gasteiger partial charge >= 0.3 is 0 Å². The van der Waals surface area contributed by atoms with Crippen LogP contribution in [0.3, 0.4) is 0 Å². The fraction of sp³-hybridized carbons (Fsp3) is 0.263. The van der Waals surface area contributed by atoms with Crippen LogP contribution in [-0.2, 0) is 0 Å². The topological polar surface area (TPSA) is 61.0 Å². The number of aromatic amines is 1. The first-order chi connectivity index (χ1) is 12.8. The molecule has 3 aromatic rings. The summed E-state index contributed by atoms with van der Waals surface area (Å²) in [5.41, 5.74) is 1.65. The third-order valence-electron chi connectivity index (χ3n) is 4.33. The maximum absolute atomic E-state index is 14.3. The molecule has 142 valence electrons. The van der Waals surface area contributed by atoms with Crippen LogP contribution in [0.5, 0.6) is 0 Å². The number of anilines is 2. The molecular weight excluding hydrogens is 357 g/mol. The summed E-state index contributed by atoms with van der Waals surface area (Å²) < 4.78 is 39.8. The molecule has 2 aromatic carbocycles.